The molecule has 0 fully saturated rings. The maximum Gasteiger partial charge on any atom is 0.411 e. The summed E-state index contributed by atoms with van der Waals surface area (Å²) in [5.41, 5.74) is 0. The van der Waals surface area contributed by atoms with Gasteiger partial charge >= 0.3 is 6.18 Å². The molecule has 0 atom stereocenters. The predicted octanol–water partition coefficient (Wildman–Crippen LogP) is 2.64. The van der Waals surface area contributed by atoms with E-state index in [1.807, 2.05) is 0 Å². The Morgan fingerprint density at radius 2 is 1.82 bits per heavy atom. The van der Waals surface area contributed by atoms with Gasteiger partial charge in [0.1, 0.15) is 13.2 Å². The fourth-order valence-corrected chi connectivity index (χ4v) is 1.51. The van der Waals surface area contributed by atoms with Gasteiger partial charge in [-0.15, -0.1) is 0 Å². The van der Waals surface area contributed by atoms with E-state index in [0.717, 1.165) is 31.0 Å². The maximum atomic E-state index is 11.7. The summed E-state index contributed by atoms with van der Waals surface area (Å²) in [7, 11) is 0. The highest BCUT2D eigenvalue weighted by Crippen LogP contribution is 2.13. The van der Waals surface area contributed by atoms with Crippen LogP contribution in [0.5, 0.6) is 0 Å². The summed E-state index contributed by atoms with van der Waals surface area (Å²) in [6.45, 7) is -1.44. The molecule has 0 spiro atoms. The van der Waals surface area contributed by atoms with Crippen LogP contribution in [-0.4, -0.2) is 37.2 Å². The number of carbonyl (C=O) groups is 1. The first-order valence-electron chi connectivity index (χ1n) is 5.43. The molecule has 0 aromatic rings. The average molecular weight is 320 g/mol. The van der Waals surface area contributed by atoms with Gasteiger partial charge in [-0.1, -0.05) is 28.8 Å². The number of hydrogen-bond donors (Lipinski definition) is 1. The molecule has 0 unspecified atom stereocenters. The Morgan fingerprint density at radius 3 is 2.41 bits per heavy atom. The topological polar surface area (TPSA) is 38.3 Å². The normalized spacial score (nSPS) is 11.5. The third-order valence-corrected chi connectivity index (χ3v) is 2.44. The Labute approximate surface area is 107 Å². The van der Waals surface area contributed by atoms with Crippen LogP contribution >= 0.6 is 15.9 Å². The number of amides is 1. The highest BCUT2D eigenvalue weighted by atomic mass is 79.9. The summed E-state index contributed by atoms with van der Waals surface area (Å²) in [5.74, 6) is -0.505. The van der Waals surface area contributed by atoms with E-state index < -0.39 is 25.3 Å². The molecule has 1 amide bonds. The number of rotatable bonds is 9. The zero-order chi connectivity index (χ0) is 13.1. The van der Waals surface area contributed by atoms with Crippen LogP contribution in [0.1, 0.15) is 25.7 Å². The molecule has 0 heterocycles. The molecule has 0 aliphatic carbocycles. The molecule has 0 aliphatic rings. The second kappa shape index (κ2) is 9.70. The molecule has 17 heavy (non-hydrogen) atoms. The molecule has 3 nitrogen and oxygen atoms in total. The fourth-order valence-electron chi connectivity index (χ4n) is 1.11. The molecule has 102 valence electrons. The van der Waals surface area contributed by atoms with Gasteiger partial charge in [-0.05, 0) is 12.8 Å². The van der Waals surface area contributed by atoms with E-state index in [9.17, 15) is 18.0 Å². The molecule has 0 aliphatic heterocycles. The monoisotopic (exact) mass is 319 g/mol. The lowest BCUT2D eigenvalue weighted by atomic mass is 10.2. The van der Waals surface area contributed by atoms with Crippen molar-refractivity contribution < 1.29 is 22.7 Å². The number of ether oxygens (including phenoxy) is 1. The minimum absolute atomic E-state index is 0.483. The number of unbranched alkanes of at least 4 members (excludes halogenated alkanes) is 3. The minimum Gasteiger partial charge on any atom is -0.362 e. The van der Waals surface area contributed by atoms with Crippen molar-refractivity contribution in [1.82, 2.24) is 5.32 Å². The van der Waals surface area contributed by atoms with Gasteiger partial charge in [0.15, 0.2) is 0 Å². The van der Waals surface area contributed by atoms with Crippen molar-refractivity contribution in [3.63, 3.8) is 0 Å². The molecular weight excluding hydrogens is 303 g/mol. The Balaban J connectivity index is 3.29. The quantitative estimate of drug-likeness (QED) is 0.524. The van der Waals surface area contributed by atoms with Crippen molar-refractivity contribution in [1.29, 1.82) is 0 Å². The largest absolute Gasteiger partial charge is 0.411 e. The van der Waals surface area contributed by atoms with Crippen LogP contribution in [0.3, 0.4) is 0 Å². The van der Waals surface area contributed by atoms with E-state index in [0.29, 0.717) is 6.54 Å². The summed E-state index contributed by atoms with van der Waals surface area (Å²) in [5, 5.41) is 3.47. The first-order valence-corrected chi connectivity index (χ1v) is 6.55. The van der Waals surface area contributed by atoms with Gasteiger partial charge in [-0.2, -0.15) is 13.2 Å². The number of alkyl halides is 4. The highest BCUT2D eigenvalue weighted by molar-refractivity contribution is 9.09. The molecule has 0 bridgehead atoms. The van der Waals surface area contributed by atoms with E-state index in [1.165, 1.54) is 0 Å². The molecule has 0 aromatic heterocycles. The average Bonchev–Trinajstić information content (AvgIpc) is 2.21. The lowest BCUT2D eigenvalue weighted by Crippen LogP contribution is -2.30. The molecule has 0 radical (unpaired) electrons. The molecule has 0 rings (SSSR count). The van der Waals surface area contributed by atoms with Crippen LogP contribution < -0.4 is 5.32 Å². The SMILES string of the molecule is O=C(COCC(F)(F)F)NCCCCCCBr. The molecule has 7 heteroatoms. The third-order valence-electron chi connectivity index (χ3n) is 1.88. The zero-order valence-corrected chi connectivity index (χ0v) is 11.1. The van der Waals surface area contributed by atoms with Gasteiger partial charge in [0.05, 0.1) is 0 Å². The number of nitrogens with one attached hydrogen (secondary N) is 1. The Morgan fingerprint density at radius 1 is 1.18 bits per heavy atom. The van der Waals surface area contributed by atoms with Crippen LogP contribution in [-0.2, 0) is 9.53 Å². The zero-order valence-electron chi connectivity index (χ0n) is 9.49. The standard InChI is InChI=1S/C10H17BrF3NO2/c11-5-3-1-2-4-6-15-9(16)7-17-8-10(12,13)14/h1-8H2,(H,15,16). The maximum absolute atomic E-state index is 11.7. The second-order valence-corrected chi connectivity index (χ2v) is 4.35. The number of halogens is 4. The van der Waals surface area contributed by atoms with Crippen LogP contribution in [0.2, 0.25) is 0 Å². The van der Waals surface area contributed by atoms with Crippen LogP contribution in [0, 0.1) is 0 Å². The summed E-state index contributed by atoms with van der Waals surface area (Å²) in [4.78, 5) is 11.0. The molecule has 0 aromatic carbocycles. The number of hydrogen-bond acceptors (Lipinski definition) is 2. The molecule has 0 saturated carbocycles. The van der Waals surface area contributed by atoms with Crippen molar-refractivity contribution in [2.45, 2.75) is 31.9 Å². The van der Waals surface area contributed by atoms with E-state index in [-0.39, 0.29) is 0 Å². The summed E-state index contributed by atoms with van der Waals surface area (Å²) < 4.78 is 39.2. The van der Waals surface area contributed by atoms with Gasteiger partial charge in [-0.25, -0.2) is 0 Å². The summed E-state index contributed by atoms with van der Waals surface area (Å²) in [6, 6.07) is 0. The molecular formula is C10H17BrF3NO2. The van der Waals surface area contributed by atoms with Gasteiger partial charge in [-0.3, -0.25) is 4.79 Å². The summed E-state index contributed by atoms with van der Waals surface area (Å²) >= 11 is 3.31. The van der Waals surface area contributed by atoms with Crippen molar-refractivity contribution in [3.05, 3.63) is 0 Å². The van der Waals surface area contributed by atoms with Gasteiger partial charge < -0.3 is 10.1 Å². The van der Waals surface area contributed by atoms with Crippen LogP contribution in [0.4, 0.5) is 13.2 Å². The Bertz CT molecular complexity index is 212. The van der Waals surface area contributed by atoms with Crippen molar-refractivity contribution in [2.24, 2.45) is 0 Å². The van der Waals surface area contributed by atoms with E-state index in [1.54, 1.807) is 0 Å². The molecule has 1 N–H and O–H groups in total. The van der Waals surface area contributed by atoms with Crippen molar-refractivity contribution >= 4 is 21.8 Å². The van der Waals surface area contributed by atoms with Crippen LogP contribution in [0.25, 0.3) is 0 Å². The second-order valence-electron chi connectivity index (χ2n) is 3.56. The van der Waals surface area contributed by atoms with E-state index in [4.69, 9.17) is 0 Å². The molecule has 0 saturated heterocycles. The smallest absolute Gasteiger partial charge is 0.362 e. The first kappa shape index (κ1) is 16.7. The van der Waals surface area contributed by atoms with E-state index in [2.05, 4.69) is 26.0 Å². The Kier molecular flexibility index (Phi) is 9.53. The lowest BCUT2D eigenvalue weighted by molar-refractivity contribution is -0.175. The third kappa shape index (κ3) is 13.6. The van der Waals surface area contributed by atoms with Gasteiger partial charge in [0.2, 0.25) is 5.91 Å². The highest BCUT2D eigenvalue weighted by Gasteiger charge is 2.27. The lowest BCUT2D eigenvalue weighted by Gasteiger charge is -2.08. The predicted molar refractivity (Wildman–Crippen MR) is 62.1 cm³/mol. The minimum atomic E-state index is -4.38. The first-order chi connectivity index (χ1) is 7.95. The van der Waals surface area contributed by atoms with Gasteiger partial charge in [0.25, 0.3) is 0 Å². The summed E-state index contributed by atoms with van der Waals surface area (Å²) in [6.07, 6.45) is -0.391. The Hall–Kier alpha value is -0.300. The van der Waals surface area contributed by atoms with Crippen LogP contribution in [0.15, 0.2) is 0 Å². The van der Waals surface area contributed by atoms with Gasteiger partial charge in [0, 0.05) is 11.9 Å². The van der Waals surface area contributed by atoms with E-state index >= 15 is 0 Å². The van der Waals surface area contributed by atoms with Crippen molar-refractivity contribution in [3.8, 4) is 0 Å². The van der Waals surface area contributed by atoms with Crippen molar-refractivity contribution in [2.75, 3.05) is 25.1 Å². The number of carbonyl (C=O) groups excluding carboxylic acids is 1. The fraction of sp³-hybridized carbons (Fsp3) is 0.900.